The van der Waals surface area contributed by atoms with Crippen LogP contribution in [0.5, 0.6) is 5.75 Å². The molecule has 0 fully saturated rings. The van der Waals surface area contributed by atoms with E-state index in [1.54, 1.807) is 18.4 Å². The van der Waals surface area contributed by atoms with Crippen molar-refractivity contribution in [1.82, 2.24) is 0 Å². The molecule has 3 heteroatoms. The maximum absolute atomic E-state index is 8.61. The lowest BCUT2D eigenvalue weighted by Crippen LogP contribution is -1.81. The molecule has 0 N–H and O–H groups in total. The third-order valence-corrected chi connectivity index (χ3v) is 3.34. The monoisotopic (exact) mass is 229 g/mol. The van der Waals surface area contributed by atoms with Crippen LogP contribution in [0.15, 0.2) is 35.7 Å². The largest absolute Gasteiger partial charge is 0.497 e. The molecule has 2 aromatic rings. The molecule has 1 aromatic heterocycles. The lowest BCUT2D eigenvalue weighted by atomic mass is 10.1. The summed E-state index contributed by atoms with van der Waals surface area (Å²) >= 11 is 1.66. The normalized spacial score (nSPS) is 9.75. The van der Waals surface area contributed by atoms with E-state index in [0.29, 0.717) is 6.42 Å². The standard InChI is InChI=1S/C13H11NOS/c1-15-12-4-2-11(3-5-12)13-8-10(6-7-14)9-16-13/h2-5,8-9H,6H2,1H3. The van der Waals surface area contributed by atoms with Crippen molar-refractivity contribution in [2.24, 2.45) is 0 Å². The average molecular weight is 229 g/mol. The van der Waals surface area contributed by atoms with Crippen LogP contribution >= 0.6 is 11.3 Å². The molecule has 0 saturated heterocycles. The van der Waals surface area contributed by atoms with Crippen LogP contribution in [0.3, 0.4) is 0 Å². The third-order valence-electron chi connectivity index (χ3n) is 2.31. The lowest BCUT2D eigenvalue weighted by molar-refractivity contribution is 0.415. The second-order valence-electron chi connectivity index (χ2n) is 3.38. The van der Waals surface area contributed by atoms with E-state index in [-0.39, 0.29) is 0 Å². The SMILES string of the molecule is COc1ccc(-c2cc(CC#N)cs2)cc1. The van der Waals surface area contributed by atoms with Crippen LogP contribution in [-0.2, 0) is 6.42 Å². The fraction of sp³-hybridized carbons (Fsp3) is 0.154. The Kier molecular flexibility index (Phi) is 3.23. The van der Waals surface area contributed by atoms with Gasteiger partial charge in [0.25, 0.3) is 0 Å². The van der Waals surface area contributed by atoms with Gasteiger partial charge >= 0.3 is 0 Å². The Bertz CT molecular complexity index is 507. The summed E-state index contributed by atoms with van der Waals surface area (Å²) in [5.41, 5.74) is 2.24. The van der Waals surface area contributed by atoms with Crippen molar-refractivity contribution in [3.8, 4) is 22.3 Å². The first-order valence-electron chi connectivity index (χ1n) is 4.92. The molecule has 16 heavy (non-hydrogen) atoms. The molecule has 2 nitrogen and oxygen atoms in total. The zero-order valence-corrected chi connectivity index (χ0v) is 9.75. The average Bonchev–Trinajstić information content (AvgIpc) is 2.78. The fourth-order valence-electron chi connectivity index (χ4n) is 1.47. The fourth-order valence-corrected chi connectivity index (χ4v) is 2.39. The number of thiophene rings is 1. The summed E-state index contributed by atoms with van der Waals surface area (Å²) in [6.45, 7) is 0. The Balaban J connectivity index is 2.25. The summed E-state index contributed by atoms with van der Waals surface area (Å²) in [5.74, 6) is 0.859. The predicted octanol–water partition coefficient (Wildman–Crippen LogP) is 3.49. The van der Waals surface area contributed by atoms with Crippen LogP contribution in [0.25, 0.3) is 10.4 Å². The van der Waals surface area contributed by atoms with Crippen LogP contribution in [0.2, 0.25) is 0 Å². The molecule has 0 aliphatic carbocycles. The molecule has 0 bridgehead atoms. The van der Waals surface area contributed by atoms with Gasteiger partial charge < -0.3 is 4.74 Å². The molecule has 0 amide bonds. The van der Waals surface area contributed by atoms with Crippen molar-refractivity contribution < 1.29 is 4.74 Å². The smallest absolute Gasteiger partial charge is 0.118 e. The molecule has 0 atom stereocenters. The molecule has 1 aromatic carbocycles. The molecule has 1 heterocycles. The van der Waals surface area contributed by atoms with Crippen LogP contribution in [0, 0.1) is 11.3 Å². The highest BCUT2D eigenvalue weighted by Gasteiger charge is 2.02. The number of hydrogen-bond donors (Lipinski definition) is 0. The van der Waals surface area contributed by atoms with E-state index in [1.165, 1.54) is 4.88 Å². The summed E-state index contributed by atoms with van der Waals surface area (Å²) < 4.78 is 5.11. The first-order valence-corrected chi connectivity index (χ1v) is 5.80. The lowest BCUT2D eigenvalue weighted by Gasteiger charge is -2.00. The van der Waals surface area contributed by atoms with Crippen molar-refractivity contribution in [2.75, 3.05) is 7.11 Å². The highest BCUT2D eigenvalue weighted by molar-refractivity contribution is 7.13. The topological polar surface area (TPSA) is 33.0 Å². The first-order chi connectivity index (χ1) is 7.83. The summed E-state index contributed by atoms with van der Waals surface area (Å²) in [4.78, 5) is 1.19. The predicted molar refractivity (Wildman–Crippen MR) is 65.6 cm³/mol. The number of nitrogens with zero attached hydrogens (tertiary/aromatic N) is 1. The van der Waals surface area contributed by atoms with Crippen molar-refractivity contribution in [3.05, 3.63) is 41.3 Å². The first kappa shape index (κ1) is 10.7. The van der Waals surface area contributed by atoms with Crippen molar-refractivity contribution >= 4 is 11.3 Å². The van der Waals surface area contributed by atoms with Gasteiger partial charge in [0.15, 0.2) is 0 Å². The number of benzene rings is 1. The summed E-state index contributed by atoms with van der Waals surface area (Å²) in [5, 5.41) is 10.6. The van der Waals surface area contributed by atoms with E-state index < -0.39 is 0 Å². The van der Waals surface area contributed by atoms with Gasteiger partial charge in [0.05, 0.1) is 19.6 Å². The second kappa shape index (κ2) is 4.82. The van der Waals surface area contributed by atoms with E-state index in [9.17, 15) is 0 Å². The van der Waals surface area contributed by atoms with E-state index >= 15 is 0 Å². The second-order valence-corrected chi connectivity index (χ2v) is 4.29. The Labute approximate surface area is 98.7 Å². The van der Waals surface area contributed by atoms with Crippen LogP contribution < -0.4 is 4.74 Å². The highest BCUT2D eigenvalue weighted by Crippen LogP contribution is 2.28. The number of hydrogen-bond acceptors (Lipinski definition) is 3. The van der Waals surface area contributed by atoms with Crippen molar-refractivity contribution in [2.45, 2.75) is 6.42 Å². The minimum atomic E-state index is 0.479. The zero-order chi connectivity index (χ0) is 11.4. The Morgan fingerprint density at radius 2 is 2.06 bits per heavy atom. The third kappa shape index (κ3) is 2.23. The van der Waals surface area contributed by atoms with Gasteiger partial charge in [-0.05, 0) is 46.8 Å². The van der Waals surface area contributed by atoms with Gasteiger partial charge in [0.2, 0.25) is 0 Å². The summed E-state index contributed by atoms with van der Waals surface area (Å²) in [6.07, 6.45) is 0.479. The maximum Gasteiger partial charge on any atom is 0.118 e. The molecular weight excluding hydrogens is 218 g/mol. The van der Waals surface area contributed by atoms with Gasteiger partial charge in [-0.3, -0.25) is 0 Å². The summed E-state index contributed by atoms with van der Waals surface area (Å²) in [6, 6.07) is 12.2. The number of ether oxygens (including phenoxy) is 1. The molecule has 0 radical (unpaired) electrons. The quantitative estimate of drug-likeness (QED) is 0.807. The number of methoxy groups -OCH3 is 1. The highest BCUT2D eigenvalue weighted by atomic mass is 32.1. The van der Waals surface area contributed by atoms with Crippen molar-refractivity contribution in [1.29, 1.82) is 5.26 Å². The van der Waals surface area contributed by atoms with Gasteiger partial charge in [-0.1, -0.05) is 0 Å². The minimum absolute atomic E-state index is 0.479. The minimum Gasteiger partial charge on any atom is -0.497 e. The Hall–Kier alpha value is -1.79. The van der Waals surface area contributed by atoms with Crippen molar-refractivity contribution in [3.63, 3.8) is 0 Å². The van der Waals surface area contributed by atoms with Gasteiger partial charge in [0.1, 0.15) is 5.75 Å². The van der Waals surface area contributed by atoms with Gasteiger partial charge in [-0.2, -0.15) is 5.26 Å². The van der Waals surface area contributed by atoms with E-state index in [0.717, 1.165) is 16.9 Å². The van der Waals surface area contributed by atoms with Gasteiger partial charge in [-0.15, -0.1) is 11.3 Å². The van der Waals surface area contributed by atoms with E-state index in [2.05, 4.69) is 12.1 Å². The maximum atomic E-state index is 8.61. The molecular formula is C13H11NOS. The molecule has 0 aliphatic rings. The van der Waals surface area contributed by atoms with Gasteiger partial charge in [0, 0.05) is 4.88 Å². The molecule has 0 unspecified atom stereocenters. The Morgan fingerprint density at radius 1 is 1.31 bits per heavy atom. The van der Waals surface area contributed by atoms with Gasteiger partial charge in [-0.25, -0.2) is 0 Å². The summed E-state index contributed by atoms with van der Waals surface area (Å²) in [7, 11) is 1.66. The Morgan fingerprint density at radius 3 is 2.69 bits per heavy atom. The molecule has 0 spiro atoms. The van der Waals surface area contributed by atoms with E-state index in [1.807, 2.05) is 29.6 Å². The number of nitriles is 1. The van der Waals surface area contributed by atoms with Crippen LogP contribution in [0.4, 0.5) is 0 Å². The number of rotatable bonds is 3. The van der Waals surface area contributed by atoms with E-state index in [4.69, 9.17) is 10.00 Å². The molecule has 2 rings (SSSR count). The van der Waals surface area contributed by atoms with Crippen LogP contribution in [0.1, 0.15) is 5.56 Å². The molecule has 80 valence electrons. The zero-order valence-electron chi connectivity index (χ0n) is 8.93. The molecule has 0 saturated carbocycles. The van der Waals surface area contributed by atoms with Crippen LogP contribution in [-0.4, -0.2) is 7.11 Å². The molecule has 0 aliphatic heterocycles.